The van der Waals surface area contributed by atoms with Gasteiger partial charge in [0.05, 0.1) is 0 Å². The molecule has 0 aliphatic heterocycles. The first-order chi connectivity index (χ1) is 5.27. The van der Waals surface area contributed by atoms with Crippen LogP contribution >= 0.6 is 0 Å². The summed E-state index contributed by atoms with van der Waals surface area (Å²) in [6.07, 6.45) is 4.27. The van der Waals surface area contributed by atoms with Crippen molar-refractivity contribution in [2.24, 2.45) is 0 Å². The minimum absolute atomic E-state index is 1.27. The summed E-state index contributed by atoms with van der Waals surface area (Å²) in [5.41, 5.74) is 3.99. The fourth-order valence-electron chi connectivity index (χ4n) is 1.22. The van der Waals surface area contributed by atoms with Crippen molar-refractivity contribution in [3.8, 4) is 0 Å². The highest BCUT2D eigenvalue weighted by atomic mass is 15.1. The van der Waals surface area contributed by atoms with Crippen molar-refractivity contribution >= 4 is 17.8 Å². The van der Waals surface area contributed by atoms with Crippen molar-refractivity contribution < 1.29 is 0 Å². The van der Waals surface area contributed by atoms with Crippen LogP contribution in [0, 0.1) is 0 Å². The average molecular weight is 145 g/mol. The van der Waals surface area contributed by atoms with Crippen molar-refractivity contribution in [2.45, 2.75) is 0 Å². The third kappa shape index (κ3) is 0.929. The molecule has 0 aromatic heterocycles. The van der Waals surface area contributed by atoms with Crippen molar-refractivity contribution in [2.75, 3.05) is 19.0 Å². The Morgan fingerprint density at radius 2 is 1.73 bits per heavy atom. The lowest BCUT2D eigenvalue weighted by Crippen LogP contribution is -2.09. The van der Waals surface area contributed by atoms with Crippen molar-refractivity contribution in [1.82, 2.24) is 0 Å². The predicted octanol–water partition coefficient (Wildman–Crippen LogP) is 2.24. The molecule has 1 heteroatoms. The summed E-state index contributed by atoms with van der Waals surface area (Å²) in [5, 5.41) is 0. The minimum Gasteiger partial charge on any atom is -0.378 e. The van der Waals surface area contributed by atoms with Crippen LogP contribution in [-0.2, 0) is 0 Å². The van der Waals surface area contributed by atoms with Gasteiger partial charge in [-0.1, -0.05) is 18.2 Å². The second-order valence-electron chi connectivity index (χ2n) is 3.04. The molecule has 1 aliphatic carbocycles. The molecule has 1 aromatic carbocycles. The second-order valence-corrected chi connectivity index (χ2v) is 3.04. The topological polar surface area (TPSA) is 3.24 Å². The highest BCUT2D eigenvalue weighted by molar-refractivity contribution is 5.87. The van der Waals surface area contributed by atoms with E-state index in [1.54, 1.807) is 0 Å². The fraction of sp³-hybridized carbons (Fsp3) is 0.200. The zero-order chi connectivity index (χ0) is 7.84. The first-order valence-electron chi connectivity index (χ1n) is 3.77. The molecular formula is C10H11N. The fourth-order valence-corrected chi connectivity index (χ4v) is 1.22. The molecule has 0 heterocycles. The molecule has 0 N–H and O–H groups in total. The van der Waals surface area contributed by atoms with Crippen LogP contribution in [0.25, 0.3) is 12.2 Å². The molecule has 1 nitrogen and oxygen atoms in total. The smallest absolute Gasteiger partial charge is 0.0367 e. The van der Waals surface area contributed by atoms with E-state index < -0.39 is 0 Å². The maximum Gasteiger partial charge on any atom is 0.0367 e. The monoisotopic (exact) mass is 145 g/mol. The molecular weight excluding hydrogens is 134 g/mol. The summed E-state index contributed by atoms with van der Waals surface area (Å²) in [7, 11) is 4.12. The van der Waals surface area contributed by atoms with Crippen molar-refractivity contribution in [3.63, 3.8) is 0 Å². The van der Waals surface area contributed by atoms with E-state index in [4.69, 9.17) is 0 Å². The SMILES string of the molecule is CN(C)c1ccc2c(c1)C=C2. The highest BCUT2D eigenvalue weighted by Crippen LogP contribution is 2.27. The molecule has 0 amide bonds. The van der Waals surface area contributed by atoms with Gasteiger partial charge in [-0.05, 0) is 23.3 Å². The van der Waals surface area contributed by atoms with Crippen LogP contribution in [0.4, 0.5) is 5.69 Å². The molecule has 1 aliphatic rings. The van der Waals surface area contributed by atoms with Gasteiger partial charge in [-0.2, -0.15) is 0 Å². The van der Waals surface area contributed by atoms with E-state index in [0.29, 0.717) is 0 Å². The molecule has 0 atom stereocenters. The molecule has 0 unspecified atom stereocenters. The largest absolute Gasteiger partial charge is 0.378 e. The molecule has 0 saturated carbocycles. The number of hydrogen-bond donors (Lipinski definition) is 0. The van der Waals surface area contributed by atoms with Gasteiger partial charge < -0.3 is 4.90 Å². The maximum absolute atomic E-state index is 2.20. The Balaban J connectivity index is 2.42. The summed E-state index contributed by atoms with van der Waals surface area (Å²) < 4.78 is 0. The number of nitrogens with zero attached hydrogens (tertiary/aromatic N) is 1. The molecule has 2 rings (SSSR count). The second kappa shape index (κ2) is 2.12. The third-order valence-corrected chi connectivity index (χ3v) is 2.03. The predicted molar refractivity (Wildman–Crippen MR) is 49.7 cm³/mol. The van der Waals surface area contributed by atoms with E-state index >= 15 is 0 Å². The number of hydrogen-bond acceptors (Lipinski definition) is 1. The van der Waals surface area contributed by atoms with Gasteiger partial charge in [0.25, 0.3) is 0 Å². The third-order valence-electron chi connectivity index (χ3n) is 2.03. The molecule has 11 heavy (non-hydrogen) atoms. The van der Waals surface area contributed by atoms with Crippen LogP contribution in [0.2, 0.25) is 0 Å². The van der Waals surface area contributed by atoms with E-state index in [1.165, 1.54) is 16.8 Å². The van der Waals surface area contributed by atoms with Crippen molar-refractivity contribution in [1.29, 1.82) is 0 Å². The molecule has 0 fully saturated rings. The van der Waals surface area contributed by atoms with Crippen LogP contribution in [0.3, 0.4) is 0 Å². The number of rotatable bonds is 1. The highest BCUT2D eigenvalue weighted by Gasteiger charge is 2.05. The molecule has 0 saturated heterocycles. The first kappa shape index (κ1) is 6.47. The Hall–Kier alpha value is -1.24. The standard InChI is InChI=1S/C10H11N/c1-11(2)10-6-5-8-3-4-9(8)7-10/h3-7H,1-2H3. The van der Waals surface area contributed by atoms with Crippen LogP contribution in [-0.4, -0.2) is 14.1 Å². The van der Waals surface area contributed by atoms with Crippen molar-refractivity contribution in [3.05, 3.63) is 29.3 Å². The van der Waals surface area contributed by atoms with E-state index in [1.807, 2.05) is 0 Å². The summed E-state index contributed by atoms with van der Waals surface area (Å²) in [5.74, 6) is 0. The van der Waals surface area contributed by atoms with Gasteiger partial charge >= 0.3 is 0 Å². The lowest BCUT2D eigenvalue weighted by molar-refractivity contribution is 1.13. The maximum atomic E-state index is 2.20. The van der Waals surface area contributed by atoms with E-state index in [-0.39, 0.29) is 0 Å². The van der Waals surface area contributed by atoms with Crippen LogP contribution in [0.5, 0.6) is 0 Å². The van der Waals surface area contributed by atoms with Crippen LogP contribution in [0.1, 0.15) is 11.1 Å². The first-order valence-corrected chi connectivity index (χ1v) is 3.77. The van der Waals surface area contributed by atoms with Gasteiger partial charge in [-0.25, -0.2) is 0 Å². The number of anilines is 1. The molecule has 0 spiro atoms. The molecule has 0 bridgehead atoms. The normalized spacial score (nSPS) is 12.2. The van der Waals surface area contributed by atoms with E-state index in [9.17, 15) is 0 Å². The molecule has 56 valence electrons. The number of benzene rings is 1. The Bertz CT molecular complexity index is 311. The van der Waals surface area contributed by atoms with Crippen LogP contribution in [0.15, 0.2) is 18.2 Å². The van der Waals surface area contributed by atoms with Gasteiger partial charge in [-0.15, -0.1) is 0 Å². The van der Waals surface area contributed by atoms with Crippen LogP contribution < -0.4 is 4.90 Å². The summed E-state index contributed by atoms with van der Waals surface area (Å²) in [6, 6.07) is 6.50. The lowest BCUT2D eigenvalue weighted by atomic mass is 9.97. The summed E-state index contributed by atoms with van der Waals surface area (Å²) in [4.78, 5) is 2.12. The Kier molecular flexibility index (Phi) is 1.25. The minimum atomic E-state index is 1.27. The number of fused-ring (bicyclic) bond motifs is 1. The Morgan fingerprint density at radius 3 is 2.18 bits per heavy atom. The van der Waals surface area contributed by atoms with Gasteiger partial charge in [0.2, 0.25) is 0 Å². The van der Waals surface area contributed by atoms with Gasteiger partial charge in [0.15, 0.2) is 0 Å². The quantitative estimate of drug-likeness (QED) is 0.594. The van der Waals surface area contributed by atoms with E-state index in [2.05, 4.69) is 49.3 Å². The van der Waals surface area contributed by atoms with Gasteiger partial charge in [0, 0.05) is 19.8 Å². The zero-order valence-electron chi connectivity index (χ0n) is 6.83. The van der Waals surface area contributed by atoms with Gasteiger partial charge in [0.1, 0.15) is 0 Å². The Morgan fingerprint density at radius 1 is 1.00 bits per heavy atom. The summed E-state index contributed by atoms with van der Waals surface area (Å²) >= 11 is 0. The van der Waals surface area contributed by atoms with Gasteiger partial charge in [-0.3, -0.25) is 0 Å². The van der Waals surface area contributed by atoms with E-state index in [0.717, 1.165) is 0 Å². The molecule has 1 aromatic rings. The average Bonchev–Trinajstić information content (AvgIpc) is 1.91. The lowest BCUT2D eigenvalue weighted by Gasteiger charge is -2.17. The Labute approximate surface area is 67.0 Å². The molecule has 0 radical (unpaired) electrons. The zero-order valence-corrected chi connectivity index (χ0v) is 6.83. The summed E-state index contributed by atoms with van der Waals surface area (Å²) in [6.45, 7) is 0.